The molecule has 26 heavy (non-hydrogen) atoms. The molecule has 0 radical (unpaired) electrons. The molecule has 0 N–H and O–H groups in total. The Hall–Kier alpha value is -3.19. The first-order valence-electron chi connectivity index (χ1n) is 7.84. The van der Waals surface area contributed by atoms with Crippen molar-refractivity contribution in [3.8, 4) is 0 Å². The van der Waals surface area contributed by atoms with Crippen LogP contribution in [0.3, 0.4) is 0 Å². The van der Waals surface area contributed by atoms with Crippen molar-refractivity contribution in [3.05, 3.63) is 84.4 Å². The molecule has 0 aliphatic carbocycles. The standard InChI is InChI=1S/C19H16N4O2S/c1-15-7-13-19(14-8-15)26(24,25)23-22-18-11-9-17(10-12-18)21-20-16-5-3-2-4-6-16/h2-14H,1H3. The third-order valence-corrected chi connectivity index (χ3v) is 4.63. The molecule has 0 aliphatic heterocycles. The van der Waals surface area contributed by atoms with Crippen molar-refractivity contribution in [2.24, 2.45) is 19.9 Å². The van der Waals surface area contributed by atoms with Gasteiger partial charge in [-0.05, 0) is 55.5 Å². The zero-order valence-electron chi connectivity index (χ0n) is 14.0. The van der Waals surface area contributed by atoms with Crippen LogP contribution in [0, 0.1) is 6.92 Å². The molecular formula is C19H16N4O2S. The van der Waals surface area contributed by atoms with Gasteiger partial charge in [-0.15, -0.1) is 5.11 Å². The maximum atomic E-state index is 12.1. The van der Waals surface area contributed by atoms with E-state index in [1.807, 2.05) is 37.3 Å². The fourth-order valence-corrected chi connectivity index (χ4v) is 2.83. The first kappa shape index (κ1) is 17.6. The van der Waals surface area contributed by atoms with E-state index < -0.39 is 10.0 Å². The van der Waals surface area contributed by atoms with E-state index in [1.165, 1.54) is 12.1 Å². The van der Waals surface area contributed by atoms with Gasteiger partial charge in [-0.1, -0.05) is 40.4 Å². The Kier molecular flexibility index (Phi) is 5.28. The van der Waals surface area contributed by atoms with Crippen molar-refractivity contribution < 1.29 is 8.42 Å². The molecule has 0 aliphatic rings. The summed E-state index contributed by atoms with van der Waals surface area (Å²) in [7, 11) is -3.82. The number of aryl methyl sites for hydroxylation is 1. The lowest BCUT2D eigenvalue weighted by molar-refractivity contribution is 0.595. The van der Waals surface area contributed by atoms with Gasteiger partial charge in [-0.2, -0.15) is 18.6 Å². The highest BCUT2D eigenvalue weighted by atomic mass is 32.2. The van der Waals surface area contributed by atoms with Crippen LogP contribution < -0.4 is 0 Å². The van der Waals surface area contributed by atoms with Crippen LogP contribution in [0.4, 0.5) is 17.1 Å². The predicted octanol–water partition coefficient (Wildman–Crippen LogP) is 5.88. The summed E-state index contributed by atoms with van der Waals surface area (Å²) < 4.78 is 27.8. The quantitative estimate of drug-likeness (QED) is 0.529. The predicted molar refractivity (Wildman–Crippen MR) is 99.9 cm³/mol. The number of benzene rings is 3. The fourth-order valence-electron chi connectivity index (χ4n) is 2.05. The number of sulfonamides is 1. The van der Waals surface area contributed by atoms with Crippen molar-refractivity contribution in [2.45, 2.75) is 11.8 Å². The average Bonchev–Trinajstić information content (AvgIpc) is 2.67. The van der Waals surface area contributed by atoms with Gasteiger partial charge in [0.15, 0.2) is 0 Å². The lowest BCUT2D eigenvalue weighted by Crippen LogP contribution is -1.95. The van der Waals surface area contributed by atoms with Gasteiger partial charge in [0.25, 0.3) is 10.0 Å². The summed E-state index contributed by atoms with van der Waals surface area (Å²) in [5.41, 5.74) is 2.77. The summed E-state index contributed by atoms with van der Waals surface area (Å²) >= 11 is 0. The molecule has 0 spiro atoms. The van der Waals surface area contributed by atoms with E-state index in [2.05, 4.69) is 19.9 Å². The van der Waals surface area contributed by atoms with Crippen LogP contribution in [-0.2, 0) is 10.0 Å². The van der Waals surface area contributed by atoms with E-state index in [0.717, 1.165) is 11.3 Å². The summed E-state index contributed by atoms with van der Waals surface area (Å²) in [4.78, 5) is 0.111. The van der Waals surface area contributed by atoms with Crippen molar-refractivity contribution >= 4 is 27.1 Å². The normalized spacial score (nSPS) is 12.0. The van der Waals surface area contributed by atoms with Crippen LogP contribution in [0.1, 0.15) is 5.56 Å². The molecule has 0 saturated carbocycles. The van der Waals surface area contributed by atoms with Gasteiger partial charge in [0.1, 0.15) is 0 Å². The van der Waals surface area contributed by atoms with Crippen LogP contribution in [0.2, 0.25) is 0 Å². The van der Waals surface area contributed by atoms with E-state index >= 15 is 0 Å². The number of hydrogen-bond acceptors (Lipinski definition) is 5. The van der Waals surface area contributed by atoms with E-state index in [-0.39, 0.29) is 4.90 Å². The number of azo groups is 1. The maximum Gasteiger partial charge on any atom is 0.299 e. The van der Waals surface area contributed by atoms with Crippen molar-refractivity contribution in [1.82, 2.24) is 0 Å². The second-order valence-corrected chi connectivity index (χ2v) is 7.11. The molecule has 0 saturated heterocycles. The SMILES string of the molecule is Cc1ccc(S(=O)(=O)N=Nc2ccc(N=Nc3ccccc3)cc2)cc1. The molecule has 0 amide bonds. The molecule has 0 atom stereocenters. The molecule has 130 valence electrons. The minimum atomic E-state index is -3.82. The molecule has 0 unspecified atom stereocenters. The first-order chi connectivity index (χ1) is 12.5. The lowest BCUT2D eigenvalue weighted by atomic mass is 10.2. The second-order valence-electron chi connectivity index (χ2n) is 5.52. The van der Waals surface area contributed by atoms with E-state index in [9.17, 15) is 8.42 Å². The molecule has 0 aromatic heterocycles. The van der Waals surface area contributed by atoms with Gasteiger partial charge in [-0.3, -0.25) is 0 Å². The Labute approximate surface area is 152 Å². The van der Waals surface area contributed by atoms with E-state index in [4.69, 9.17) is 0 Å². The molecule has 3 rings (SSSR count). The Bertz CT molecular complexity index is 1030. The molecule has 3 aromatic carbocycles. The Morgan fingerprint density at radius 1 is 0.615 bits per heavy atom. The number of hydrogen-bond donors (Lipinski definition) is 0. The number of rotatable bonds is 5. The summed E-state index contributed by atoms with van der Waals surface area (Å²) in [6, 6.07) is 22.5. The van der Waals surface area contributed by atoms with Crippen molar-refractivity contribution in [3.63, 3.8) is 0 Å². The Morgan fingerprint density at radius 2 is 1.12 bits per heavy atom. The van der Waals surface area contributed by atoms with Gasteiger partial charge < -0.3 is 0 Å². The number of nitrogens with zero attached hydrogens (tertiary/aromatic N) is 4. The van der Waals surface area contributed by atoms with Gasteiger partial charge in [0, 0.05) is 0 Å². The van der Waals surface area contributed by atoms with Crippen LogP contribution in [-0.4, -0.2) is 8.42 Å². The summed E-state index contributed by atoms with van der Waals surface area (Å²) in [5.74, 6) is 0. The topological polar surface area (TPSA) is 83.6 Å². The Balaban J connectivity index is 1.71. The third-order valence-electron chi connectivity index (χ3n) is 3.47. The summed E-state index contributed by atoms with van der Waals surface area (Å²) in [6.07, 6.45) is 0. The zero-order chi connectivity index (χ0) is 18.4. The lowest BCUT2D eigenvalue weighted by Gasteiger charge is -1.98. The van der Waals surface area contributed by atoms with Crippen molar-refractivity contribution in [1.29, 1.82) is 0 Å². The molecule has 7 heteroatoms. The molecule has 0 fully saturated rings. The van der Waals surface area contributed by atoms with Crippen LogP contribution >= 0.6 is 0 Å². The van der Waals surface area contributed by atoms with E-state index in [0.29, 0.717) is 11.4 Å². The van der Waals surface area contributed by atoms with Crippen LogP contribution in [0.25, 0.3) is 0 Å². The van der Waals surface area contributed by atoms with Gasteiger partial charge in [0.2, 0.25) is 0 Å². The van der Waals surface area contributed by atoms with Crippen LogP contribution in [0.5, 0.6) is 0 Å². The van der Waals surface area contributed by atoms with Crippen molar-refractivity contribution in [2.75, 3.05) is 0 Å². The molecule has 6 nitrogen and oxygen atoms in total. The average molecular weight is 364 g/mol. The minimum Gasteiger partial charge on any atom is -0.198 e. The third kappa shape index (κ3) is 4.67. The van der Waals surface area contributed by atoms with Gasteiger partial charge >= 0.3 is 0 Å². The largest absolute Gasteiger partial charge is 0.299 e. The smallest absolute Gasteiger partial charge is 0.198 e. The summed E-state index contributed by atoms with van der Waals surface area (Å²) in [6.45, 7) is 1.88. The first-order valence-corrected chi connectivity index (χ1v) is 9.28. The van der Waals surface area contributed by atoms with Crippen LogP contribution in [0.15, 0.2) is 104 Å². The Morgan fingerprint density at radius 3 is 1.69 bits per heavy atom. The molecule has 3 aromatic rings. The van der Waals surface area contributed by atoms with E-state index in [1.54, 1.807) is 36.4 Å². The molecule has 0 bridgehead atoms. The minimum absolute atomic E-state index is 0.111. The molecular weight excluding hydrogens is 348 g/mol. The van der Waals surface area contributed by atoms with Gasteiger partial charge in [-0.25, -0.2) is 0 Å². The molecule has 0 heterocycles. The zero-order valence-corrected chi connectivity index (χ0v) is 14.8. The second kappa shape index (κ2) is 7.79. The highest BCUT2D eigenvalue weighted by Gasteiger charge is 2.12. The highest BCUT2D eigenvalue weighted by molar-refractivity contribution is 7.90. The maximum absolute atomic E-state index is 12.1. The highest BCUT2D eigenvalue weighted by Crippen LogP contribution is 2.23. The monoisotopic (exact) mass is 364 g/mol. The fraction of sp³-hybridized carbons (Fsp3) is 0.0526. The summed E-state index contributed by atoms with van der Waals surface area (Å²) in [5, 5.41) is 12.0. The van der Waals surface area contributed by atoms with Gasteiger partial charge in [0.05, 0.1) is 22.0 Å².